The van der Waals surface area contributed by atoms with Crippen molar-refractivity contribution in [1.29, 1.82) is 0 Å². The molecule has 3 atom stereocenters. The fourth-order valence-corrected chi connectivity index (χ4v) is 3.55. The van der Waals surface area contributed by atoms with E-state index in [1.807, 2.05) is 13.8 Å². The SMILES string of the molecule is CC(C)OCCC(=O)N1C(C(=O)O)CC2CCCCC21. The van der Waals surface area contributed by atoms with Crippen LogP contribution in [-0.4, -0.2) is 46.7 Å². The quantitative estimate of drug-likeness (QED) is 0.838. The topological polar surface area (TPSA) is 66.8 Å². The maximum atomic E-state index is 12.4. The van der Waals surface area contributed by atoms with Crippen molar-refractivity contribution < 1.29 is 19.4 Å². The van der Waals surface area contributed by atoms with Crippen LogP contribution in [0.5, 0.6) is 0 Å². The van der Waals surface area contributed by atoms with Crippen molar-refractivity contribution in [3.8, 4) is 0 Å². The Labute approximate surface area is 120 Å². The molecule has 1 saturated carbocycles. The van der Waals surface area contributed by atoms with E-state index < -0.39 is 12.0 Å². The molecule has 1 aliphatic heterocycles. The summed E-state index contributed by atoms with van der Waals surface area (Å²) < 4.78 is 5.41. The van der Waals surface area contributed by atoms with E-state index in [1.165, 1.54) is 0 Å². The molecule has 0 aromatic heterocycles. The molecule has 5 nitrogen and oxygen atoms in total. The highest BCUT2D eigenvalue weighted by molar-refractivity contribution is 5.84. The van der Waals surface area contributed by atoms with Crippen LogP contribution < -0.4 is 0 Å². The Morgan fingerprint density at radius 1 is 1.30 bits per heavy atom. The van der Waals surface area contributed by atoms with Crippen molar-refractivity contribution in [3.63, 3.8) is 0 Å². The van der Waals surface area contributed by atoms with E-state index in [0.717, 1.165) is 25.7 Å². The Morgan fingerprint density at radius 2 is 2.00 bits per heavy atom. The van der Waals surface area contributed by atoms with Gasteiger partial charge in [-0.1, -0.05) is 12.8 Å². The molecule has 0 spiro atoms. The third-order valence-corrected chi connectivity index (χ3v) is 4.43. The molecule has 1 heterocycles. The van der Waals surface area contributed by atoms with Gasteiger partial charge in [-0.3, -0.25) is 4.79 Å². The van der Waals surface area contributed by atoms with Crippen LogP contribution in [0.2, 0.25) is 0 Å². The first-order chi connectivity index (χ1) is 9.50. The third-order valence-electron chi connectivity index (χ3n) is 4.43. The highest BCUT2D eigenvalue weighted by Gasteiger charge is 2.47. The Balaban J connectivity index is 2.01. The first-order valence-corrected chi connectivity index (χ1v) is 7.66. The van der Waals surface area contributed by atoms with Gasteiger partial charge in [0.2, 0.25) is 5.91 Å². The molecule has 0 bridgehead atoms. The lowest BCUT2D eigenvalue weighted by molar-refractivity contribution is -0.150. The van der Waals surface area contributed by atoms with Crippen molar-refractivity contribution in [2.45, 2.75) is 70.6 Å². The number of carboxylic acid groups (broad SMARTS) is 1. The fourth-order valence-electron chi connectivity index (χ4n) is 3.55. The van der Waals surface area contributed by atoms with E-state index >= 15 is 0 Å². The summed E-state index contributed by atoms with van der Waals surface area (Å²) in [6.45, 7) is 4.23. The largest absolute Gasteiger partial charge is 0.480 e. The average molecular weight is 283 g/mol. The summed E-state index contributed by atoms with van der Waals surface area (Å²) >= 11 is 0. The van der Waals surface area contributed by atoms with Crippen LogP contribution in [0.4, 0.5) is 0 Å². The monoisotopic (exact) mass is 283 g/mol. The second-order valence-corrected chi connectivity index (χ2v) is 6.17. The number of hydrogen-bond acceptors (Lipinski definition) is 3. The van der Waals surface area contributed by atoms with Crippen LogP contribution in [0.15, 0.2) is 0 Å². The minimum Gasteiger partial charge on any atom is -0.480 e. The summed E-state index contributed by atoms with van der Waals surface area (Å²) in [5, 5.41) is 9.37. The van der Waals surface area contributed by atoms with Crippen LogP contribution in [-0.2, 0) is 14.3 Å². The molecule has 1 saturated heterocycles. The van der Waals surface area contributed by atoms with E-state index in [9.17, 15) is 14.7 Å². The van der Waals surface area contributed by atoms with Gasteiger partial charge in [0.05, 0.1) is 19.1 Å². The molecule has 2 aliphatic rings. The van der Waals surface area contributed by atoms with Gasteiger partial charge in [-0.05, 0) is 39.0 Å². The number of carbonyl (C=O) groups is 2. The summed E-state index contributed by atoms with van der Waals surface area (Å²) in [7, 11) is 0. The number of amides is 1. The van der Waals surface area contributed by atoms with E-state index in [1.54, 1.807) is 4.90 Å². The molecule has 0 aromatic rings. The normalized spacial score (nSPS) is 29.6. The lowest BCUT2D eigenvalue weighted by Gasteiger charge is -2.33. The number of hydrogen-bond donors (Lipinski definition) is 1. The van der Waals surface area contributed by atoms with Crippen LogP contribution in [0.25, 0.3) is 0 Å². The molecule has 3 unspecified atom stereocenters. The summed E-state index contributed by atoms with van der Waals surface area (Å²) in [5.41, 5.74) is 0. The summed E-state index contributed by atoms with van der Waals surface area (Å²) in [6, 6.07) is -0.494. The lowest BCUT2D eigenvalue weighted by Crippen LogP contribution is -2.46. The van der Waals surface area contributed by atoms with Gasteiger partial charge < -0.3 is 14.7 Å². The highest BCUT2D eigenvalue weighted by Crippen LogP contribution is 2.40. The molecule has 114 valence electrons. The van der Waals surface area contributed by atoms with Crippen LogP contribution >= 0.6 is 0 Å². The van der Waals surface area contributed by atoms with Gasteiger partial charge in [0.1, 0.15) is 6.04 Å². The molecule has 1 amide bonds. The molecule has 2 rings (SSSR count). The zero-order chi connectivity index (χ0) is 14.7. The van der Waals surface area contributed by atoms with Gasteiger partial charge in [-0.25, -0.2) is 4.79 Å². The zero-order valence-electron chi connectivity index (χ0n) is 12.4. The minimum atomic E-state index is -0.863. The van der Waals surface area contributed by atoms with Gasteiger partial charge in [0.15, 0.2) is 0 Å². The first kappa shape index (κ1) is 15.3. The number of likely N-dealkylation sites (tertiary alicyclic amines) is 1. The Hall–Kier alpha value is -1.10. The van der Waals surface area contributed by atoms with Gasteiger partial charge >= 0.3 is 5.97 Å². The van der Waals surface area contributed by atoms with Crippen molar-refractivity contribution >= 4 is 11.9 Å². The first-order valence-electron chi connectivity index (χ1n) is 7.66. The number of ether oxygens (including phenoxy) is 1. The minimum absolute atomic E-state index is 0.0625. The molecule has 2 fully saturated rings. The smallest absolute Gasteiger partial charge is 0.326 e. The van der Waals surface area contributed by atoms with Crippen molar-refractivity contribution in [3.05, 3.63) is 0 Å². The number of fused-ring (bicyclic) bond motifs is 1. The molecule has 5 heteroatoms. The second-order valence-electron chi connectivity index (χ2n) is 6.17. The predicted molar refractivity (Wildman–Crippen MR) is 74.3 cm³/mol. The van der Waals surface area contributed by atoms with Crippen LogP contribution in [0.3, 0.4) is 0 Å². The van der Waals surface area contributed by atoms with E-state index in [-0.39, 0.29) is 24.5 Å². The second kappa shape index (κ2) is 6.57. The molecule has 0 radical (unpaired) electrons. The standard InChI is InChI=1S/C15H25NO4/c1-10(2)20-8-7-14(17)16-12-6-4-3-5-11(12)9-13(16)15(18)19/h10-13H,3-9H2,1-2H3,(H,18,19). The Morgan fingerprint density at radius 3 is 2.65 bits per heavy atom. The Bertz CT molecular complexity index is 369. The lowest BCUT2D eigenvalue weighted by atomic mass is 9.84. The molecule has 1 aliphatic carbocycles. The molecule has 1 N–H and O–H groups in total. The molecular formula is C15H25NO4. The third kappa shape index (κ3) is 3.32. The molecular weight excluding hydrogens is 258 g/mol. The number of aliphatic carboxylic acids is 1. The summed E-state index contributed by atoms with van der Waals surface area (Å²) in [6.07, 6.45) is 5.26. The van der Waals surface area contributed by atoms with Gasteiger partial charge in [-0.2, -0.15) is 0 Å². The van der Waals surface area contributed by atoms with Crippen LogP contribution in [0.1, 0.15) is 52.4 Å². The van der Waals surface area contributed by atoms with Crippen molar-refractivity contribution in [2.75, 3.05) is 6.61 Å². The average Bonchev–Trinajstić information content (AvgIpc) is 2.77. The molecule has 0 aromatic carbocycles. The van der Waals surface area contributed by atoms with E-state index in [0.29, 0.717) is 18.9 Å². The number of carbonyl (C=O) groups excluding carboxylic acids is 1. The number of rotatable bonds is 5. The molecule has 20 heavy (non-hydrogen) atoms. The van der Waals surface area contributed by atoms with Crippen molar-refractivity contribution in [2.24, 2.45) is 5.92 Å². The van der Waals surface area contributed by atoms with Crippen molar-refractivity contribution in [1.82, 2.24) is 4.90 Å². The van der Waals surface area contributed by atoms with Gasteiger partial charge in [0, 0.05) is 6.04 Å². The maximum Gasteiger partial charge on any atom is 0.326 e. The van der Waals surface area contributed by atoms with Gasteiger partial charge in [-0.15, -0.1) is 0 Å². The van der Waals surface area contributed by atoms with Crippen LogP contribution in [0, 0.1) is 5.92 Å². The Kier molecular flexibility index (Phi) is 5.02. The maximum absolute atomic E-state index is 12.4. The summed E-state index contributed by atoms with van der Waals surface area (Å²) in [4.78, 5) is 25.4. The zero-order valence-corrected chi connectivity index (χ0v) is 12.4. The predicted octanol–water partition coefficient (Wildman–Crippen LogP) is 2.05. The number of carboxylic acids is 1. The fraction of sp³-hybridized carbons (Fsp3) is 0.867. The number of nitrogens with zero attached hydrogens (tertiary/aromatic N) is 1. The highest BCUT2D eigenvalue weighted by atomic mass is 16.5. The van der Waals surface area contributed by atoms with E-state index in [2.05, 4.69) is 0 Å². The van der Waals surface area contributed by atoms with E-state index in [4.69, 9.17) is 4.74 Å². The van der Waals surface area contributed by atoms with Gasteiger partial charge in [0.25, 0.3) is 0 Å². The summed E-state index contributed by atoms with van der Waals surface area (Å²) in [5.74, 6) is -0.551.